The highest BCUT2D eigenvalue weighted by Gasteiger charge is 2.16. The Kier molecular flexibility index (Phi) is 14.4. The zero-order chi connectivity index (χ0) is 32.1. The molecule has 3 rings (SSSR count). The summed E-state index contributed by atoms with van der Waals surface area (Å²) in [4.78, 5) is 42.2. The molecule has 2 unspecified atom stereocenters. The summed E-state index contributed by atoms with van der Waals surface area (Å²) < 4.78 is 39.6. The van der Waals surface area contributed by atoms with Gasteiger partial charge >= 0.3 is 5.97 Å². The van der Waals surface area contributed by atoms with Crippen molar-refractivity contribution in [3.8, 4) is 0 Å². The Morgan fingerprint density at radius 3 is 2.57 bits per heavy atom. The van der Waals surface area contributed by atoms with E-state index in [1.54, 1.807) is 42.3 Å². The van der Waals surface area contributed by atoms with Gasteiger partial charge in [-0.2, -0.15) is 0 Å². The molecule has 0 aliphatic heterocycles. The number of carbonyl (C=O) groups excluding carboxylic acids is 2. The number of aromatic amines is 1. The van der Waals surface area contributed by atoms with Gasteiger partial charge in [0.05, 0.1) is 17.9 Å². The quantitative estimate of drug-likeness (QED) is 0.0678. The predicted molar refractivity (Wildman–Crippen MR) is 168 cm³/mol. The lowest BCUT2D eigenvalue weighted by molar-refractivity contribution is -0.143. The number of hydrogen-bond donors (Lipinski definition) is 4. The molecule has 1 aromatic heterocycles. The number of benzene rings is 2. The van der Waals surface area contributed by atoms with Gasteiger partial charge in [0, 0.05) is 36.1 Å². The molecule has 0 radical (unpaired) electrons. The molecule has 0 fully saturated rings. The van der Waals surface area contributed by atoms with Crippen molar-refractivity contribution in [2.24, 2.45) is 0 Å². The average molecular weight is 652 g/mol. The summed E-state index contributed by atoms with van der Waals surface area (Å²) in [5.74, 6) is -1.43. The lowest BCUT2D eigenvalue weighted by atomic mass is 10.0. The third kappa shape index (κ3) is 11.4. The van der Waals surface area contributed by atoms with Crippen LogP contribution in [0.2, 0.25) is 5.02 Å². The predicted octanol–water partition coefficient (Wildman–Crippen LogP) is 4.54. The number of H-pyrrole nitrogens is 1. The van der Waals surface area contributed by atoms with Gasteiger partial charge in [-0.15, -0.1) is 0 Å². The van der Waals surface area contributed by atoms with Gasteiger partial charge in [-0.25, -0.2) is 8.60 Å². The maximum Gasteiger partial charge on any atom is 0.305 e. The number of aromatic nitrogens is 1. The molecule has 3 aromatic rings. The molecule has 44 heavy (non-hydrogen) atoms. The molecule has 2 aromatic carbocycles. The molecule has 10 nitrogen and oxygen atoms in total. The second-order valence-electron chi connectivity index (χ2n) is 10.6. The number of halogens is 2. The number of nitrogens with one attached hydrogen (secondary N) is 2. The van der Waals surface area contributed by atoms with E-state index >= 15 is 0 Å². The van der Waals surface area contributed by atoms with Crippen LogP contribution in [-0.4, -0.2) is 67.8 Å². The van der Waals surface area contributed by atoms with E-state index in [9.17, 15) is 28.1 Å². The van der Waals surface area contributed by atoms with Gasteiger partial charge < -0.3 is 24.7 Å². The van der Waals surface area contributed by atoms with E-state index in [1.165, 1.54) is 12.3 Å². The zero-order valence-corrected chi connectivity index (χ0v) is 26.2. The highest BCUT2D eigenvalue weighted by Crippen LogP contribution is 2.18. The Balaban J connectivity index is 1.39. The van der Waals surface area contributed by atoms with Crippen LogP contribution in [0.3, 0.4) is 0 Å². The second kappa shape index (κ2) is 18.0. The van der Waals surface area contributed by atoms with Gasteiger partial charge in [0.1, 0.15) is 17.6 Å². The molecule has 4 N–H and O–H groups in total. The molecular formula is C31H39ClFN3O7S. The van der Waals surface area contributed by atoms with Crippen molar-refractivity contribution in [3.63, 3.8) is 0 Å². The minimum absolute atomic E-state index is 0.0142. The SMILES string of the molecule is CN(CCS(=O)O)C(O)CCCCCCC(=O)OCCCc1cc(F)c2[nH]cc(C(=O)NCc3ccc(Cl)cc3)c(=O)c2c1. The zero-order valence-electron chi connectivity index (χ0n) is 24.7. The number of rotatable bonds is 18. The molecule has 0 aliphatic rings. The first kappa shape index (κ1) is 35.3. The fourth-order valence-electron chi connectivity index (χ4n) is 4.61. The Labute approximate surface area is 263 Å². The van der Waals surface area contributed by atoms with Crippen molar-refractivity contribution in [3.05, 3.63) is 80.3 Å². The number of carbonyl (C=O) groups is 2. The summed E-state index contributed by atoms with van der Waals surface area (Å²) in [6, 6.07) is 9.80. The van der Waals surface area contributed by atoms with Crippen LogP contribution in [0, 0.1) is 5.82 Å². The Morgan fingerprint density at radius 2 is 1.84 bits per heavy atom. The van der Waals surface area contributed by atoms with Crippen LogP contribution in [0.1, 0.15) is 66.4 Å². The molecule has 0 saturated carbocycles. The molecule has 0 saturated heterocycles. The number of ether oxygens (including phenoxy) is 1. The molecule has 0 aliphatic carbocycles. The highest BCUT2D eigenvalue weighted by molar-refractivity contribution is 7.79. The third-order valence-corrected chi connectivity index (χ3v) is 7.99. The van der Waals surface area contributed by atoms with Crippen molar-refractivity contribution >= 4 is 45.5 Å². The van der Waals surface area contributed by atoms with Gasteiger partial charge in [0.15, 0.2) is 11.1 Å². The van der Waals surface area contributed by atoms with Gasteiger partial charge in [-0.3, -0.25) is 19.3 Å². The van der Waals surface area contributed by atoms with Crippen molar-refractivity contribution in [2.45, 2.75) is 64.1 Å². The smallest absolute Gasteiger partial charge is 0.305 e. The minimum Gasteiger partial charge on any atom is -0.466 e. The van der Waals surface area contributed by atoms with Crippen molar-refractivity contribution in [1.29, 1.82) is 0 Å². The van der Waals surface area contributed by atoms with E-state index in [4.69, 9.17) is 20.9 Å². The average Bonchev–Trinajstić information content (AvgIpc) is 2.99. The molecular weight excluding hydrogens is 613 g/mol. The maximum atomic E-state index is 14.8. The molecule has 0 spiro atoms. The van der Waals surface area contributed by atoms with Gasteiger partial charge in [-0.1, -0.05) is 36.6 Å². The first-order chi connectivity index (χ1) is 21.0. The lowest BCUT2D eigenvalue weighted by Crippen LogP contribution is -2.34. The molecule has 1 amide bonds. The van der Waals surface area contributed by atoms with Crippen molar-refractivity contribution in [1.82, 2.24) is 15.2 Å². The third-order valence-electron chi connectivity index (χ3n) is 7.20. The topological polar surface area (TPSA) is 149 Å². The first-order valence-corrected chi connectivity index (χ1v) is 16.2. The fraction of sp³-hybridized carbons (Fsp3) is 0.452. The van der Waals surface area contributed by atoms with Crippen LogP contribution in [0.15, 0.2) is 47.4 Å². The van der Waals surface area contributed by atoms with E-state index in [-0.39, 0.29) is 47.8 Å². The van der Waals surface area contributed by atoms with E-state index in [2.05, 4.69) is 10.3 Å². The van der Waals surface area contributed by atoms with Gasteiger partial charge in [-0.05, 0) is 74.5 Å². The monoisotopic (exact) mass is 651 g/mol. The van der Waals surface area contributed by atoms with Crippen LogP contribution in [-0.2, 0) is 33.6 Å². The summed E-state index contributed by atoms with van der Waals surface area (Å²) in [6.45, 7) is 0.677. The van der Waals surface area contributed by atoms with Gasteiger partial charge in [0.2, 0.25) is 5.43 Å². The van der Waals surface area contributed by atoms with Crippen LogP contribution in [0.4, 0.5) is 4.39 Å². The summed E-state index contributed by atoms with van der Waals surface area (Å²) in [6.07, 6.45) is 5.21. The number of amides is 1. The lowest BCUT2D eigenvalue weighted by Gasteiger charge is -2.22. The van der Waals surface area contributed by atoms with E-state index in [1.807, 2.05) is 0 Å². The number of aliphatic hydroxyl groups excluding tert-OH is 1. The Bertz CT molecular complexity index is 1490. The number of aryl methyl sites for hydroxylation is 1. The number of hydrogen-bond acceptors (Lipinski definition) is 7. The standard InChI is InChI=1S/C31H39ClFN3O7S/c1-36(14-16-44(41)42)27(37)8-4-2-3-5-9-28(38)43-15-6-7-22-17-24-29(26(33)18-22)34-20-25(30(24)39)31(40)35-19-21-10-12-23(32)13-11-21/h10-13,17-18,20,27,37H,2-9,14-16,19H2,1H3,(H,34,39)(H,35,40)(H,41,42). The Morgan fingerprint density at radius 1 is 1.11 bits per heavy atom. The summed E-state index contributed by atoms with van der Waals surface area (Å²) in [5.41, 5.74) is 0.660. The normalized spacial score (nSPS) is 12.8. The van der Waals surface area contributed by atoms with Gasteiger partial charge in [0.25, 0.3) is 5.91 Å². The number of unbranched alkanes of at least 4 members (excludes halogenated alkanes) is 3. The minimum atomic E-state index is -1.89. The number of nitrogens with zero attached hydrogens (tertiary/aromatic N) is 1. The summed E-state index contributed by atoms with van der Waals surface area (Å²) in [7, 11) is 1.70. The summed E-state index contributed by atoms with van der Waals surface area (Å²) >= 11 is 4.00. The second-order valence-corrected chi connectivity index (χ2v) is 12.1. The number of pyridine rings is 1. The van der Waals surface area contributed by atoms with E-state index in [0.717, 1.165) is 24.8 Å². The first-order valence-electron chi connectivity index (χ1n) is 14.5. The maximum absolute atomic E-state index is 14.8. The van der Waals surface area contributed by atoms with Crippen LogP contribution < -0.4 is 10.7 Å². The molecule has 13 heteroatoms. The fourth-order valence-corrected chi connectivity index (χ4v) is 5.18. The van der Waals surface area contributed by atoms with E-state index < -0.39 is 34.5 Å². The van der Waals surface area contributed by atoms with Crippen molar-refractivity contribution < 1.29 is 32.6 Å². The molecule has 2 atom stereocenters. The van der Waals surface area contributed by atoms with Crippen molar-refractivity contribution in [2.75, 3.05) is 26.0 Å². The van der Waals surface area contributed by atoms with Crippen LogP contribution in [0.5, 0.6) is 0 Å². The van der Waals surface area contributed by atoms with Crippen LogP contribution in [0.25, 0.3) is 10.9 Å². The highest BCUT2D eigenvalue weighted by atomic mass is 35.5. The van der Waals surface area contributed by atoms with Crippen LogP contribution >= 0.6 is 11.6 Å². The molecule has 0 bridgehead atoms. The largest absolute Gasteiger partial charge is 0.466 e. The number of fused-ring (bicyclic) bond motifs is 1. The number of aliphatic hydroxyl groups is 1. The molecule has 240 valence electrons. The summed E-state index contributed by atoms with van der Waals surface area (Å²) in [5, 5.41) is 13.4. The molecule has 1 heterocycles. The number of esters is 1. The van der Waals surface area contributed by atoms with E-state index in [0.29, 0.717) is 42.8 Å². The Hall–Kier alpha value is -3.16.